The van der Waals surface area contributed by atoms with E-state index in [0.29, 0.717) is 18.4 Å². The van der Waals surface area contributed by atoms with E-state index in [-0.39, 0.29) is 10.8 Å². The molecule has 2 heterocycles. The van der Waals surface area contributed by atoms with Crippen LogP contribution in [-0.2, 0) is 18.9 Å². The van der Waals surface area contributed by atoms with Crippen LogP contribution in [0.2, 0.25) is 0 Å². The number of rotatable bonds is 0. The van der Waals surface area contributed by atoms with Gasteiger partial charge in [-0.15, -0.1) is 0 Å². The third kappa shape index (κ3) is 1.02. The molecule has 0 N–H and O–H groups in total. The summed E-state index contributed by atoms with van der Waals surface area (Å²) in [5, 5.41) is 0. The van der Waals surface area contributed by atoms with Gasteiger partial charge in [-0.05, 0) is 0 Å². The van der Waals surface area contributed by atoms with Gasteiger partial charge in [0.25, 0.3) is 0 Å². The Hall–Kier alpha value is 0.320. The highest BCUT2D eigenvalue weighted by molar-refractivity contribution is 9.09. The molecular formula is C9H13BrO4. The predicted octanol–water partition coefficient (Wildman–Crippen LogP) is 0.745. The molecule has 2 spiro atoms. The van der Waals surface area contributed by atoms with E-state index in [1.807, 2.05) is 0 Å². The molecular weight excluding hydrogens is 252 g/mol. The smallest absolute Gasteiger partial charge is 0.146 e. The zero-order valence-electron chi connectivity index (χ0n) is 7.83. The van der Waals surface area contributed by atoms with Crippen molar-refractivity contribution in [2.45, 2.75) is 4.83 Å². The van der Waals surface area contributed by atoms with Crippen LogP contribution >= 0.6 is 15.9 Å². The summed E-state index contributed by atoms with van der Waals surface area (Å²) >= 11 is 3.70. The van der Waals surface area contributed by atoms with E-state index in [2.05, 4.69) is 15.9 Å². The Morgan fingerprint density at radius 1 is 0.786 bits per heavy atom. The van der Waals surface area contributed by atoms with Crippen molar-refractivity contribution < 1.29 is 18.9 Å². The van der Waals surface area contributed by atoms with E-state index in [1.165, 1.54) is 0 Å². The molecule has 0 aromatic heterocycles. The molecule has 3 fully saturated rings. The molecule has 0 aromatic rings. The molecule has 2 aliphatic heterocycles. The lowest BCUT2D eigenvalue weighted by molar-refractivity contribution is -0.183. The standard InChI is InChI=1S/C9H13BrO4/c10-7-8(1-11-5-12-2-8)9(7)3-13-6-14-4-9/h7H,1-6H2. The topological polar surface area (TPSA) is 36.9 Å². The number of ether oxygens (including phenoxy) is 4. The molecule has 0 amide bonds. The normalized spacial score (nSPS) is 38.8. The highest BCUT2D eigenvalue weighted by Gasteiger charge is 2.77. The molecule has 0 bridgehead atoms. The first kappa shape index (κ1) is 9.54. The van der Waals surface area contributed by atoms with Crippen molar-refractivity contribution in [1.29, 1.82) is 0 Å². The Morgan fingerprint density at radius 3 is 1.50 bits per heavy atom. The Labute approximate surface area is 91.0 Å². The molecule has 14 heavy (non-hydrogen) atoms. The van der Waals surface area contributed by atoms with Crippen LogP contribution in [-0.4, -0.2) is 44.8 Å². The van der Waals surface area contributed by atoms with Crippen molar-refractivity contribution in [1.82, 2.24) is 0 Å². The van der Waals surface area contributed by atoms with Crippen molar-refractivity contribution in [2.75, 3.05) is 40.0 Å². The summed E-state index contributed by atoms with van der Waals surface area (Å²) in [4.78, 5) is 0.392. The summed E-state index contributed by atoms with van der Waals surface area (Å²) in [7, 11) is 0. The predicted molar refractivity (Wildman–Crippen MR) is 51.1 cm³/mol. The van der Waals surface area contributed by atoms with E-state index in [4.69, 9.17) is 18.9 Å². The second-order valence-electron chi connectivity index (χ2n) is 4.30. The van der Waals surface area contributed by atoms with Crippen molar-refractivity contribution in [3.8, 4) is 0 Å². The maximum Gasteiger partial charge on any atom is 0.146 e. The molecule has 2 saturated heterocycles. The van der Waals surface area contributed by atoms with Gasteiger partial charge < -0.3 is 18.9 Å². The summed E-state index contributed by atoms with van der Waals surface area (Å²) in [5.41, 5.74) is 0.150. The second kappa shape index (κ2) is 3.15. The van der Waals surface area contributed by atoms with Crippen LogP contribution < -0.4 is 0 Å². The van der Waals surface area contributed by atoms with Crippen molar-refractivity contribution in [3.05, 3.63) is 0 Å². The molecule has 3 rings (SSSR count). The van der Waals surface area contributed by atoms with E-state index >= 15 is 0 Å². The summed E-state index contributed by atoms with van der Waals surface area (Å²) < 4.78 is 21.5. The second-order valence-corrected chi connectivity index (χ2v) is 5.22. The third-order valence-electron chi connectivity index (χ3n) is 3.65. The molecule has 0 radical (unpaired) electrons. The van der Waals surface area contributed by atoms with Crippen LogP contribution in [0.25, 0.3) is 0 Å². The van der Waals surface area contributed by atoms with E-state index in [1.54, 1.807) is 0 Å². The molecule has 0 aromatic carbocycles. The summed E-state index contributed by atoms with van der Waals surface area (Å²) in [6.07, 6.45) is 0. The fourth-order valence-corrected chi connectivity index (χ4v) is 3.95. The van der Waals surface area contributed by atoms with Gasteiger partial charge in [0.1, 0.15) is 13.6 Å². The highest BCUT2D eigenvalue weighted by atomic mass is 79.9. The van der Waals surface area contributed by atoms with Gasteiger partial charge in [0, 0.05) is 15.7 Å². The van der Waals surface area contributed by atoms with Crippen molar-refractivity contribution in [2.24, 2.45) is 10.8 Å². The van der Waals surface area contributed by atoms with Crippen LogP contribution in [0.15, 0.2) is 0 Å². The van der Waals surface area contributed by atoms with Gasteiger partial charge in [-0.3, -0.25) is 0 Å². The first-order valence-corrected chi connectivity index (χ1v) is 5.68. The van der Waals surface area contributed by atoms with Gasteiger partial charge >= 0.3 is 0 Å². The fraction of sp³-hybridized carbons (Fsp3) is 1.00. The van der Waals surface area contributed by atoms with E-state index in [0.717, 1.165) is 26.4 Å². The van der Waals surface area contributed by atoms with Crippen LogP contribution in [0.4, 0.5) is 0 Å². The number of halogens is 1. The van der Waals surface area contributed by atoms with Gasteiger partial charge in [-0.2, -0.15) is 0 Å². The minimum absolute atomic E-state index is 0.0751. The molecule has 4 nitrogen and oxygen atoms in total. The molecule has 3 aliphatic rings. The lowest BCUT2D eigenvalue weighted by atomic mass is 9.94. The summed E-state index contributed by atoms with van der Waals surface area (Å²) in [6.45, 7) is 3.81. The molecule has 1 aliphatic carbocycles. The SMILES string of the molecule is BrC1C2(COCOC2)C12COCOC2. The van der Waals surface area contributed by atoms with Gasteiger partial charge in [0.15, 0.2) is 0 Å². The van der Waals surface area contributed by atoms with Crippen LogP contribution in [0.3, 0.4) is 0 Å². The first-order chi connectivity index (χ1) is 6.82. The Morgan fingerprint density at radius 2 is 1.14 bits per heavy atom. The van der Waals surface area contributed by atoms with Gasteiger partial charge in [-0.1, -0.05) is 15.9 Å². The first-order valence-electron chi connectivity index (χ1n) is 4.77. The maximum atomic E-state index is 5.38. The summed E-state index contributed by atoms with van der Waals surface area (Å²) in [5.74, 6) is 0. The van der Waals surface area contributed by atoms with Gasteiger partial charge in [0.05, 0.1) is 26.4 Å². The minimum Gasteiger partial charge on any atom is -0.355 e. The summed E-state index contributed by atoms with van der Waals surface area (Å²) in [6, 6.07) is 0. The Balaban J connectivity index is 1.81. The monoisotopic (exact) mass is 264 g/mol. The Kier molecular flexibility index (Phi) is 2.15. The van der Waals surface area contributed by atoms with Crippen LogP contribution in [0.5, 0.6) is 0 Å². The third-order valence-corrected chi connectivity index (χ3v) is 5.40. The number of fused-ring (bicyclic) bond motifs is 1. The maximum absolute atomic E-state index is 5.38. The zero-order valence-corrected chi connectivity index (χ0v) is 9.42. The number of alkyl halides is 1. The average molecular weight is 265 g/mol. The Bertz CT molecular complexity index is 209. The van der Waals surface area contributed by atoms with Gasteiger partial charge in [-0.25, -0.2) is 0 Å². The molecule has 0 atom stereocenters. The van der Waals surface area contributed by atoms with Crippen molar-refractivity contribution >= 4 is 15.9 Å². The highest BCUT2D eigenvalue weighted by Crippen LogP contribution is 2.69. The van der Waals surface area contributed by atoms with Crippen LogP contribution in [0, 0.1) is 10.8 Å². The number of hydrogen-bond donors (Lipinski definition) is 0. The van der Waals surface area contributed by atoms with E-state index in [9.17, 15) is 0 Å². The van der Waals surface area contributed by atoms with Gasteiger partial charge in [0.2, 0.25) is 0 Å². The molecule has 5 heteroatoms. The van der Waals surface area contributed by atoms with E-state index < -0.39 is 0 Å². The zero-order chi connectivity index (χ0) is 9.65. The average Bonchev–Trinajstić information content (AvgIpc) is 2.70. The van der Waals surface area contributed by atoms with Crippen molar-refractivity contribution in [3.63, 3.8) is 0 Å². The molecule has 0 unspecified atom stereocenters. The lowest BCUT2D eigenvalue weighted by Gasteiger charge is -2.30. The molecule has 80 valence electrons. The quantitative estimate of drug-likeness (QED) is 0.605. The minimum atomic E-state index is 0.0751. The lowest BCUT2D eigenvalue weighted by Crippen LogP contribution is -2.38. The molecule has 1 saturated carbocycles. The number of hydrogen-bond acceptors (Lipinski definition) is 4. The fourth-order valence-electron chi connectivity index (χ4n) is 2.64. The van der Waals surface area contributed by atoms with Crippen LogP contribution in [0.1, 0.15) is 0 Å². The largest absolute Gasteiger partial charge is 0.355 e.